The number of hydrogen-bond acceptors (Lipinski definition) is 2. The molecule has 0 saturated heterocycles. The van der Waals surface area contributed by atoms with Crippen molar-refractivity contribution in [1.82, 2.24) is 0 Å². The highest BCUT2D eigenvalue weighted by Crippen LogP contribution is 2.25. The van der Waals surface area contributed by atoms with Crippen LogP contribution in [0.3, 0.4) is 0 Å². The highest BCUT2D eigenvalue weighted by Gasteiger charge is 2.15. The number of halogens is 2. The van der Waals surface area contributed by atoms with E-state index in [9.17, 15) is 9.18 Å². The molecular weight excluding hydrogens is 303 g/mol. The molecule has 0 spiro atoms. The minimum absolute atomic E-state index is 0.0782. The summed E-state index contributed by atoms with van der Waals surface area (Å²) in [7, 11) is 0. The number of carbonyl (C=O) groups is 1. The second-order valence-corrected chi connectivity index (χ2v) is 7.42. The molecular formula is C13H16BrFOS. The Bertz CT molecular complexity index is 412. The summed E-state index contributed by atoms with van der Waals surface area (Å²) in [5, 5.41) is 0. The first kappa shape index (κ1) is 14.7. The van der Waals surface area contributed by atoms with Gasteiger partial charge in [-0.05, 0) is 27.6 Å². The molecule has 0 radical (unpaired) electrons. The standard InChI is InChI=1S/C13H16BrFOS/c1-13(2,3)17-8-10(16)7-9-5-4-6-11(15)12(9)14/h4-6H,7-8H2,1-3H3. The van der Waals surface area contributed by atoms with Crippen LogP contribution in [-0.2, 0) is 11.2 Å². The van der Waals surface area contributed by atoms with E-state index in [0.717, 1.165) is 0 Å². The molecule has 94 valence electrons. The minimum atomic E-state index is -0.321. The van der Waals surface area contributed by atoms with E-state index in [0.29, 0.717) is 15.8 Å². The van der Waals surface area contributed by atoms with Gasteiger partial charge < -0.3 is 0 Å². The van der Waals surface area contributed by atoms with Gasteiger partial charge in [-0.2, -0.15) is 0 Å². The molecule has 1 aromatic carbocycles. The smallest absolute Gasteiger partial charge is 0.147 e. The average molecular weight is 319 g/mol. The Morgan fingerprint density at radius 1 is 1.41 bits per heavy atom. The number of rotatable bonds is 4. The zero-order chi connectivity index (χ0) is 13.1. The fourth-order valence-electron chi connectivity index (χ4n) is 1.25. The molecule has 1 nitrogen and oxygen atoms in total. The molecule has 0 amide bonds. The van der Waals surface area contributed by atoms with Gasteiger partial charge in [-0.15, -0.1) is 11.8 Å². The van der Waals surface area contributed by atoms with Gasteiger partial charge in [0.25, 0.3) is 0 Å². The van der Waals surface area contributed by atoms with Crippen LogP contribution in [0.5, 0.6) is 0 Å². The molecule has 1 aromatic rings. The molecule has 4 heteroatoms. The highest BCUT2D eigenvalue weighted by molar-refractivity contribution is 9.10. The largest absolute Gasteiger partial charge is 0.298 e. The van der Waals surface area contributed by atoms with Gasteiger partial charge in [0.15, 0.2) is 0 Å². The van der Waals surface area contributed by atoms with Gasteiger partial charge in [-0.3, -0.25) is 4.79 Å². The van der Waals surface area contributed by atoms with Crippen molar-refractivity contribution < 1.29 is 9.18 Å². The van der Waals surface area contributed by atoms with Gasteiger partial charge in [0, 0.05) is 11.2 Å². The number of Topliss-reactive ketones (excluding diaryl/α,β-unsaturated/α-hetero) is 1. The maximum absolute atomic E-state index is 13.2. The predicted molar refractivity (Wildman–Crippen MR) is 75.0 cm³/mol. The first-order chi connectivity index (χ1) is 7.79. The van der Waals surface area contributed by atoms with Crippen LogP contribution in [0.15, 0.2) is 22.7 Å². The van der Waals surface area contributed by atoms with Crippen LogP contribution in [0.2, 0.25) is 0 Å². The normalized spacial score (nSPS) is 11.6. The van der Waals surface area contributed by atoms with Crippen LogP contribution in [0.1, 0.15) is 26.3 Å². The van der Waals surface area contributed by atoms with Crippen molar-refractivity contribution in [1.29, 1.82) is 0 Å². The summed E-state index contributed by atoms with van der Waals surface area (Å²) in [6.07, 6.45) is 0.279. The third-order valence-electron chi connectivity index (χ3n) is 2.09. The Labute approximate surface area is 114 Å². The lowest BCUT2D eigenvalue weighted by Crippen LogP contribution is -2.14. The second kappa shape index (κ2) is 6.01. The molecule has 0 heterocycles. The molecule has 0 atom stereocenters. The lowest BCUT2D eigenvalue weighted by atomic mass is 10.1. The van der Waals surface area contributed by atoms with E-state index in [1.54, 1.807) is 23.9 Å². The lowest BCUT2D eigenvalue weighted by molar-refractivity contribution is -0.116. The molecule has 0 bridgehead atoms. The topological polar surface area (TPSA) is 17.1 Å². The van der Waals surface area contributed by atoms with Gasteiger partial charge in [0.2, 0.25) is 0 Å². The summed E-state index contributed by atoms with van der Waals surface area (Å²) < 4.78 is 13.7. The van der Waals surface area contributed by atoms with Gasteiger partial charge in [-0.1, -0.05) is 32.9 Å². The Hall–Kier alpha value is -0.350. The Balaban J connectivity index is 2.60. The fourth-order valence-corrected chi connectivity index (χ4v) is 2.35. The van der Waals surface area contributed by atoms with Gasteiger partial charge >= 0.3 is 0 Å². The van der Waals surface area contributed by atoms with Crippen molar-refractivity contribution in [2.45, 2.75) is 31.9 Å². The molecule has 0 N–H and O–H groups in total. The quantitative estimate of drug-likeness (QED) is 0.826. The molecule has 0 aromatic heterocycles. The Kier molecular flexibility index (Phi) is 5.20. The minimum Gasteiger partial charge on any atom is -0.298 e. The van der Waals surface area contributed by atoms with Crippen molar-refractivity contribution in [2.24, 2.45) is 0 Å². The van der Waals surface area contributed by atoms with Crippen LogP contribution >= 0.6 is 27.7 Å². The van der Waals surface area contributed by atoms with Crippen LogP contribution in [-0.4, -0.2) is 16.3 Å². The van der Waals surface area contributed by atoms with E-state index in [1.807, 2.05) is 0 Å². The van der Waals surface area contributed by atoms with E-state index in [2.05, 4.69) is 36.7 Å². The molecule has 17 heavy (non-hydrogen) atoms. The number of hydrogen-bond donors (Lipinski definition) is 0. The molecule has 0 saturated carbocycles. The van der Waals surface area contributed by atoms with Gasteiger partial charge in [0.05, 0.1) is 10.2 Å². The van der Waals surface area contributed by atoms with Crippen molar-refractivity contribution in [3.63, 3.8) is 0 Å². The van der Waals surface area contributed by atoms with Crippen molar-refractivity contribution in [3.8, 4) is 0 Å². The van der Waals surface area contributed by atoms with E-state index >= 15 is 0 Å². The molecule has 0 aliphatic heterocycles. The zero-order valence-corrected chi connectivity index (χ0v) is 12.6. The third kappa shape index (κ3) is 5.21. The molecule has 0 aliphatic carbocycles. The summed E-state index contributed by atoms with van der Waals surface area (Å²) in [5.41, 5.74) is 0.713. The number of ketones is 1. The Morgan fingerprint density at radius 3 is 2.65 bits per heavy atom. The van der Waals surface area contributed by atoms with Crippen molar-refractivity contribution in [2.75, 3.05) is 5.75 Å². The number of thioether (sulfide) groups is 1. The van der Waals surface area contributed by atoms with E-state index in [4.69, 9.17) is 0 Å². The highest BCUT2D eigenvalue weighted by atomic mass is 79.9. The monoisotopic (exact) mass is 318 g/mol. The summed E-state index contributed by atoms with van der Waals surface area (Å²) in [4.78, 5) is 11.8. The Morgan fingerprint density at radius 2 is 2.06 bits per heavy atom. The van der Waals surface area contributed by atoms with Gasteiger partial charge in [-0.25, -0.2) is 4.39 Å². The molecule has 0 fully saturated rings. The van der Waals surface area contributed by atoms with Crippen LogP contribution in [0.25, 0.3) is 0 Å². The summed E-state index contributed by atoms with van der Waals surface area (Å²) in [5.74, 6) is 0.266. The van der Waals surface area contributed by atoms with E-state index in [1.165, 1.54) is 6.07 Å². The second-order valence-electron chi connectivity index (χ2n) is 4.83. The summed E-state index contributed by atoms with van der Waals surface area (Å²) >= 11 is 4.78. The zero-order valence-electron chi connectivity index (χ0n) is 10.2. The van der Waals surface area contributed by atoms with Crippen LogP contribution in [0.4, 0.5) is 4.39 Å². The number of benzene rings is 1. The van der Waals surface area contributed by atoms with E-state index in [-0.39, 0.29) is 22.8 Å². The SMILES string of the molecule is CC(C)(C)SCC(=O)Cc1cccc(F)c1Br. The fraction of sp³-hybridized carbons (Fsp3) is 0.462. The van der Waals surface area contributed by atoms with Crippen molar-refractivity contribution in [3.05, 3.63) is 34.1 Å². The molecule has 1 rings (SSSR count). The molecule has 0 aliphatic rings. The van der Waals surface area contributed by atoms with Crippen molar-refractivity contribution >= 4 is 33.5 Å². The molecule has 0 unspecified atom stereocenters. The maximum atomic E-state index is 13.2. The van der Waals surface area contributed by atoms with Gasteiger partial charge in [0.1, 0.15) is 11.6 Å². The maximum Gasteiger partial charge on any atom is 0.147 e. The predicted octanol–water partition coefficient (Wildman–Crippen LogP) is 4.23. The lowest BCUT2D eigenvalue weighted by Gasteiger charge is -2.16. The third-order valence-corrected chi connectivity index (χ3v) is 4.31. The average Bonchev–Trinajstić information content (AvgIpc) is 2.21. The van der Waals surface area contributed by atoms with Crippen LogP contribution < -0.4 is 0 Å². The van der Waals surface area contributed by atoms with Crippen LogP contribution in [0, 0.1) is 5.82 Å². The summed E-state index contributed by atoms with van der Waals surface area (Å²) in [6.45, 7) is 6.22. The van der Waals surface area contributed by atoms with E-state index < -0.39 is 0 Å². The first-order valence-electron chi connectivity index (χ1n) is 5.38. The summed E-state index contributed by atoms with van der Waals surface area (Å²) in [6, 6.07) is 4.77. The first-order valence-corrected chi connectivity index (χ1v) is 7.16. The number of carbonyl (C=O) groups excluding carboxylic acids is 1.